The van der Waals surface area contributed by atoms with E-state index in [2.05, 4.69) is 10.3 Å². The molecule has 1 heterocycles. The second-order valence-electron chi connectivity index (χ2n) is 6.64. The normalized spacial score (nSPS) is 10.5. The van der Waals surface area contributed by atoms with Gasteiger partial charge in [0.25, 0.3) is 0 Å². The van der Waals surface area contributed by atoms with Gasteiger partial charge in [-0.25, -0.2) is 9.78 Å². The van der Waals surface area contributed by atoms with Gasteiger partial charge in [-0.3, -0.25) is 4.79 Å². The van der Waals surface area contributed by atoms with Gasteiger partial charge in [0.1, 0.15) is 15.8 Å². The van der Waals surface area contributed by atoms with Gasteiger partial charge in [0, 0.05) is 22.9 Å². The van der Waals surface area contributed by atoms with E-state index in [1.807, 2.05) is 23.6 Å². The molecule has 0 atom stereocenters. The number of esters is 1. The zero-order valence-corrected chi connectivity index (χ0v) is 19.7. The number of rotatable bonds is 10. The molecule has 0 fully saturated rings. The number of thiazole rings is 1. The summed E-state index contributed by atoms with van der Waals surface area (Å²) in [5.74, 6) is 1.64. The molecule has 0 saturated heterocycles. The second kappa shape index (κ2) is 11.5. The molecule has 0 saturated carbocycles. The number of aromatic nitrogens is 1. The Balaban J connectivity index is 1.52. The largest absolute Gasteiger partial charge is 0.497 e. The zero-order chi connectivity index (χ0) is 22.9. The molecule has 0 aliphatic carbocycles. The van der Waals surface area contributed by atoms with Crippen LogP contribution in [0.3, 0.4) is 0 Å². The van der Waals surface area contributed by atoms with E-state index in [4.69, 9.17) is 14.2 Å². The molecule has 9 heteroatoms. The number of methoxy groups -OCH3 is 2. The van der Waals surface area contributed by atoms with Gasteiger partial charge in [-0.15, -0.1) is 11.3 Å². The van der Waals surface area contributed by atoms with Gasteiger partial charge in [0.15, 0.2) is 0 Å². The van der Waals surface area contributed by atoms with E-state index in [0.29, 0.717) is 29.3 Å². The van der Waals surface area contributed by atoms with Crippen LogP contribution in [-0.4, -0.2) is 37.7 Å². The van der Waals surface area contributed by atoms with Crippen LogP contribution in [0.4, 0.5) is 5.69 Å². The summed E-state index contributed by atoms with van der Waals surface area (Å²) in [6, 6.07) is 12.4. The molecule has 0 aliphatic heterocycles. The van der Waals surface area contributed by atoms with Crippen LogP contribution in [0, 0.1) is 0 Å². The lowest BCUT2D eigenvalue weighted by molar-refractivity contribution is -0.115. The Labute approximate surface area is 195 Å². The molecule has 3 aromatic rings. The highest BCUT2D eigenvalue weighted by Crippen LogP contribution is 2.30. The monoisotopic (exact) mass is 472 g/mol. The molecule has 7 nitrogen and oxygen atoms in total. The second-order valence-corrected chi connectivity index (χ2v) is 8.72. The van der Waals surface area contributed by atoms with Crippen molar-refractivity contribution in [1.82, 2.24) is 4.98 Å². The topological polar surface area (TPSA) is 86.8 Å². The number of amides is 1. The third kappa shape index (κ3) is 6.73. The fourth-order valence-electron chi connectivity index (χ4n) is 2.80. The molecule has 1 aromatic heterocycles. The minimum atomic E-state index is -0.384. The van der Waals surface area contributed by atoms with Crippen molar-refractivity contribution in [2.45, 2.75) is 23.4 Å². The zero-order valence-electron chi connectivity index (χ0n) is 18.0. The number of hydrogen-bond acceptors (Lipinski definition) is 8. The van der Waals surface area contributed by atoms with Crippen LogP contribution in [0.5, 0.6) is 11.5 Å². The number of carbonyl (C=O) groups excluding carboxylic acids is 2. The van der Waals surface area contributed by atoms with E-state index in [0.717, 1.165) is 21.4 Å². The lowest BCUT2D eigenvalue weighted by atomic mass is 10.2. The molecule has 1 amide bonds. The molecule has 168 valence electrons. The fourth-order valence-corrected chi connectivity index (χ4v) is 4.58. The Kier molecular flexibility index (Phi) is 8.52. The number of carbonyl (C=O) groups is 2. The van der Waals surface area contributed by atoms with Crippen LogP contribution in [0.1, 0.15) is 28.5 Å². The van der Waals surface area contributed by atoms with E-state index < -0.39 is 0 Å². The summed E-state index contributed by atoms with van der Waals surface area (Å²) in [5, 5.41) is 4.71. The molecule has 0 spiro atoms. The first-order chi connectivity index (χ1) is 15.5. The first-order valence-electron chi connectivity index (χ1n) is 9.87. The number of benzene rings is 2. The maximum Gasteiger partial charge on any atom is 0.338 e. The Morgan fingerprint density at radius 2 is 1.75 bits per heavy atom. The first-order valence-corrected chi connectivity index (χ1v) is 11.7. The lowest BCUT2D eigenvalue weighted by Crippen LogP contribution is -2.14. The van der Waals surface area contributed by atoms with Crippen molar-refractivity contribution in [3.63, 3.8) is 0 Å². The highest BCUT2D eigenvalue weighted by molar-refractivity contribution is 8.00. The first kappa shape index (κ1) is 23.6. The number of thioether (sulfide) groups is 1. The summed E-state index contributed by atoms with van der Waals surface area (Å²) in [6.07, 6.45) is 0.170. The van der Waals surface area contributed by atoms with E-state index in [9.17, 15) is 9.59 Å². The van der Waals surface area contributed by atoms with Crippen molar-refractivity contribution in [2.75, 3.05) is 26.1 Å². The predicted molar refractivity (Wildman–Crippen MR) is 126 cm³/mol. The summed E-state index contributed by atoms with van der Waals surface area (Å²) in [5.41, 5.74) is 2.83. The van der Waals surface area contributed by atoms with E-state index in [-0.39, 0.29) is 18.3 Å². The van der Waals surface area contributed by atoms with E-state index in [1.54, 1.807) is 57.2 Å². The quantitative estimate of drug-likeness (QED) is 0.335. The third-order valence-corrected chi connectivity index (χ3v) is 6.47. The van der Waals surface area contributed by atoms with Crippen LogP contribution in [-0.2, 0) is 21.7 Å². The average molecular weight is 473 g/mol. The van der Waals surface area contributed by atoms with Crippen LogP contribution in [0.2, 0.25) is 0 Å². The van der Waals surface area contributed by atoms with Gasteiger partial charge < -0.3 is 19.5 Å². The molecule has 0 radical (unpaired) electrons. The van der Waals surface area contributed by atoms with Crippen molar-refractivity contribution in [3.05, 3.63) is 64.7 Å². The van der Waals surface area contributed by atoms with Crippen LogP contribution in [0.25, 0.3) is 0 Å². The van der Waals surface area contributed by atoms with Crippen molar-refractivity contribution >= 4 is 40.7 Å². The summed E-state index contributed by atoms with van der Waals surface area (Å²) in [6.45, 7) is 2.07. The Bertz CT molecular complexity index is 1040. The van der Waals surface area contributed by atoms with Gasteiger partial charge in [0.05, 0.1) is 38.5 Å². The Hall–Kier alpha value is -3.04. The van der Waals surface area contributed by atoms with Crippen molar-refractivity contribution in [1.29, 1.82) is 0 Å². The SMILES string of the molecule is CCOC(=O)c1ccc(NC(=O)Cc2csc(SCc3cc(OC)cc(OC)c3)n2)cc1. The number of anilines is 1. The number of ether oxygens (including phenoxy) is 3. The lowest BCUT2D eigenvalue weighted by Gasteiger charge is -2.07. The van der Waals surface area contributed by atoms with Crippen molar-refractivity contribution in [3.8, 4) is 11.5 Å². The summed E-state index contributed by atoms with van der Waals surface area (Å²) in [7, 11) is 3.25. The standard InChI is InChI=1S/C23H24N2O5S2/c1-4-30-22(27)16-5-7-17(8-6-16)24-21(26)11-18-14-32-23(25-18)31-13-15-9-19(28-2)12-20(10-15)29-3/h5-10,12,14H,4,11,13H2,1-3H3,(H,24,26). The Morgan fingerprint density at radius 3 is 2.38 bits per heavy atom. The van der Waals surface area contributed by atoms with Crippen LogP contribution < -0.4 is 14.8 Å². The maximum atomic E-state index is 12.4. The molecule has 0 bridgehead atoms. The smallest absolute Gasteiger partial charge is 0.338 e. The van der Waals surface area contributed by atoms with Crippen LogP contribution >= 0.6 is 23.1 Å². The van der Waals surface area contributed by atoms with Gasteiger partial charge in [-0.1, -0.05) is 11.8 Å². The highest BCUT2D eigenvalue weighted by Gasteiger charge is 2.11. The summed E-state index contributed by atoms with van der Waals surface area (Å²) in [4.78, 5) is 28.6. The fraction of sp³-hybridized carbons (Fsp3) is 0.261. The predicted octanol–water partition coefficient (Wildman–Crippen LogP) is 4.81. The summed E-state index contributed by atoms with van der Waals surface area (Å²) >= 11 is 3.10. The average Bonchev–Trinajstić information content (AvgIpc) is 3.25. The molecule has 0 aliphatic rings. The molecule has 3 rings (SSSR count). The van der Waals surface area contributed by atoms with Crippen LogP contribution in [0.15, 0.2) is 52.2 Å². The maximum absolute atomic E-state index is 12.4. The Morgan fingerprint density at radius 1 is 1.06 bits per heavy atom. The minimum Gasteiger partial charge on any atom is -0.497 e. The molecule has 32 heavy (non-hydrogen) atoms. The van der Waals surface area contributed by atoms with E-state index >= 15 is 0 Å². The molecule has 2 aromatic carbocycles. The number of nitrogens with one attached hydrogen (secondary N) is 1. The minimum absolute atomic E-state index is 0.170. The van der Waals surface area contributed by atoms with Gasteiger partial charge in [-0.05, 0) is 48.9 Å². The van der Waals surface area contributed by atoms with E-state index in [1.165, 1.54) is 11.3 Å². The van der Waals surface area contributed by atoms with Crippen molar-refractivity contribution < 1.29 is 23.8 Å². The number of hydrogen-bond donors (Lipinski definition) is 1. The summed E-state index contributed by atoms with van der Waals surface area (Å²) < 4.78 is 16.4. The third-order valence-electron chi connectivity index (χ3n) is 4.33. The van der Waals surface area contributed by atoms with Gasteiger partial charge in [0.2, 0.25) is 5.91 Å². The molecular formula is C23H24N2O5S2. The number of nitrogens with zero attached hydrogens (tertiary/aromatic N) is 1. The molecule has 0 unspecified atom stereocenters. The highest BCUT2D eigenvalue weighted by atomic mass is 32.2. The van der Waals surface area contributed by atoms with Gasteiger partial charge in [-0.2, -0.15) is 0 Å². The molecular weight excluding hydrogens is 448 g/mol. The van der Waals surface area contributed by atoms with Gasteiger partial charge >= 0.3 is 5.97 Å². The van der Waals surface area contributed by atoms with Crippen molar-refractivity contribution in [2.24, 2.45) is 0 Å². The molecule has 1 N–H and O–H groups in total.